The molecule has 0 spiro atoms. The molecule has 0 unspecified atom stereocenters. The number of amides is 1. The standard InChI is InChI=1S/C17H23N3O3S/c18-24(22,23)20-8-7-13-5-6-14(9-16(13)20)19-17(21)10-15(11-1-2-11)12-3-4-12/h5-6,9,11-12,15H,1-4,7-8,10H2,(H,19,21)(H2,18,22,23). The van der Waals surface area contributed by atoms with Gasteiger partial charge in [-0.1, -0.05) is 6.07 Å². The van der Waals surface area contributed by atoms with E-state index in [9.17, 15) is 13.2 Å². The number of rotatable bonds is 6. The van der Waals surface area contributed by atoms with Crippen molar-refractivity contribution in [1.82, 2.24) is 0 Å². The average molecular weight is 349 g/mol. The van der Waals surface area contributed by atoms with Crippen molar-refractivity contribution in [2.24, 2.45) is 22.9 Å². The summed E-state index contributed by atoms with van der Waals surface area (Å²) in [6.45, 7) is 0.358. The van der Waals surface area contributed by atoms with Gasteiger partial charge in [0, 0.05) is 18.7 Å². The van der Waals surface area contributed by atoms with Crippen molar-refractivity contribution in [3.63, 3.8) is 0 Å². The molecule has 1 aromatic rings. The minimum absolute atomic E-state index is 0.0268. The maximum Gasteiger partial charge on any atom is 0.299 e. The highest BCUT2D eigenvalue weighted by atomic mass is 32.2. The maximum atomic E-state index is 12.4. The van der Waals surface area contributed by atoms with Gasteiger partial charge in [0.1, 0.15) is 0 Å². The van der Waals surface area contributed by atoms with Gasteiger partial charge in [-0.2, -0.15) is 8.42 Å². The minimum atomic E-state index is -3.77. The molecular formula is C17H23N3O3S. The summed E-state index contributed by atoms with van der Waals surface area (Å²) in [7, 11) is -3.77. The Bertz CT molecular complexity index is 757. The summed E-state index contributed by atoms with van der Waals surface area (Å²) in [4.78, 5) is 12.4. The molecule has 1 aromatic carbocycles. The van der Waals surface area contributed by atoms with E-state index in [1.165, 1.54) is 30.0 Å². The number of anilines is 2. The predicted octanol–water partition coefficient (Wildman–Crippen LogP) is 2.02. The van der Waals surface area contributed by atoms with Gasteiger partial charge in [0.05, 0.1) is 5.69 Å². The van der Waals surface area contributed by atoms with Crippen molar-refractivity contribution >= 4 is 27.5 Å². The zero-order valence-corrected chi connectivity index (χ0v) is 14.4. The van der Waals surface area contributed by atoms with E-state index in [1.54, 1.807) is 6.07 Å². The van der Waals surface area contributed by atoms with Crippen molar-refractivity contribution in [3.05, 3.63) is 23.8 Å². The van der Waals surface area contributed by atoms with Crippen LogP contribution in [0.4, 0.5) is 11.4 Å². The molecule has 2 aliphatic carbocycles. The highest BCUT2D eigenvalue weighted by molar-refractivity contribution is 7.90. The van der Waals surface area contributed by atoms with E-state index >= 15 is 0 Å². The van der Waals surface area contributed by atoms with Crippen LogP contribution in [-0.2, 0) is 21.4 Å². The Morgan fingerprint density at radius 3 is 2.50 bits per heavy atom. The van der Waals surface area contributed by atoms with Crippen molar-refractivity contribution in [1.29, 1.82) is 0 Å². The molecule has 0 radical (unpaired) electrons. The number of carbonyl (C=O) groups is 1. The predicted molar refractivity (Wildman–Crippen MR) is 92.8 cm³/mol. The third kappa shape index (κ3) is 3.28. The van der Waals surface area contributed by atoms with Gasteiger partial charge >= 0.3 is 0 Å². The lowest BCUT2D eigenvalue weighted by Crippen LogP contribution is -2.35. The second kappa shape index (κ2) is 5.74. The van der Waals surface area contributed by atoms with Gasteiger partial charge < -0.3 is 5.32 Å². The Balaban J connectivity index is 1.46. The lowest BCUT2D eigenvalue weighted by Gasteiger charge is -2.18. The Labute approximate surface area is 142 Å². The van der Waals surface area contributed by atoms with E-state index in [4.69, 9.17) is 5.14 Å². The van der Waals surface area contributed by atoms with Crippen LogP contribution in [0.3, 0.4) is 0 Å². The summed E-state index contributed by atoms with van der Waals surface area (Å²) < 4.78 is 24.5. The second-order valence-electron chi connectivity index (χ2n) is 7.30. The van der Waals surface area contributed by atoms with Crippen molar-refractivity contribution in [2.45, 2.75) is 38.5 Å². The molecular weight excluding hydrogens is 326 g/mol. The third-order valence-corrected chi connectivity index (χ3v) is 6.40. The smallest absolute Gasteiger partial charge is 0.299 e. The van der Waals surface area contributed by atoms with E-state index in [2.05, 4.69) is 5.32 Å². The van der Waals surface area contributed by atoms with Gasteiger partial charge in [-0.3, -0.25) is 9.10 Å². The molecule has 0 bridgehead atoms. The molecule has 0 atom stereocenters. The summed E-state index contributed by atoms with van der Waals surface area (Å²) in [5.74, 6) is 2.03. The fourth-order valence-corrected chi connectivity index (χ4v) is 4.67. The number of nitrogens with one attached hydrogen (secondary N) is 1. The van der Waals surface area contributed by atoms with Gasteiger partial charge in [-0.05, 0) is 67.6 Å². The molecule has 2 saturated carbocycles. The van der Waals surface area contributed by atoms with E-state index in [1.807, 2.05) is 12.1 Å². The fraction of sp³-hybridized carbons (Fsp3) is 0.588. The van der Waals surface area contributed by atoms with E-state index in [-0.39, 0.29) is 5.91 Å². The van der Waals surface area contributed by atoms with Crippen LogP contribution in [0, 0.1) is 17.8 Å². The van der Waals surface area contributed by atoms with Crippen LogP contribution < -0.4 is 14.8 Å². The number of hydrogen-bond donors (Lipinski definition) is 2. The molecule has 6 nitrogen and oxygen atoms in total. The largest absolute Gasteiger partial charge is 0.326 e. The lowest BCUT2D eigenvalue weighted by molar-refractivity contribution is -0.117. The van der Waals surface area contributed by atoms with Crippen molar-refractivity contribution in [3.8, 4) is 0 Å². The van der Waals surface area contributed by atoms with Crippen molar-refractivity contribution in [2.75, 3.05) is 16.2 Å². The van der Waals surface area contributed by atoms with Gasteiger partial charge in [-0.25, -0.2) is 5.14 Å². The Hall–Kier alpha value is -1.60. The average Bonchev–Trinajstić information content (AvgIpc) is 3.40. The van der Waals surface area contributed by atoms with Gasteiger partial charge in [-0.15, -0.1) is 0 Å². The molecule has 130 valence electrons. The van der Waals surface area contributed by atoms with Crippen LogP contribution in [0.5, 0.6) is 0 Å². The van der Waals surface area contributed by atoms with Crippen LogP contribution in [0.25, 0.3) is 0 Å². The van der Waals surface area contributed by atoms with Gasteiger partial charge in [0.15, 0.2) is 0 Å². The van der Waals surface area contributed by atoms with Crippen LogP contribution in [0.15, 0.2) is 18.2 Å². The fourth-order valence-electron chi connectivity index (χ4n) is 3.89. The molecule has 2 fully saturated rings. The first kappa shape index (κ1) is 15.9. The number of carbonyl (C=O) groups excluding carboxylic acids is 1. The van der Waals surface area contributed by atoms with E-state index in [0.717, 1.165) is 17.4 Å². The van der Waals surface area contributed by atoms with Crippen LogP contribution >= 0.6 is 0 Å². The van der Waals surface area contributed by atoms with E-state index in [0.29, 0.717) is 36.7 Å². The molecule has 0 aromatic heterocycles. The number of benzene rings is 1. The third-order valence-electron chi connectivity index (χ3n) is 5.41. The first-order valence-electron chi connectivity index (χ1n) is 8.65. The summed E-state index contributed by atoms with van der Waals surface area (Å²) >= 11 is 0. The zero-order valence-electron chi connectivity index (χ0n) is 13.6. The molecule has 0 saturated heterocycles. The van der Waals surface area contributed by atoms with Gasteiger partial charge in [0.2, 0.25) is 5.91 Å². The number of nitrogens with two attached hydrogens (primary N) is 1. The molecule has 4 rings (SSSR count). The second-order valence-corrected chi connectivity index (χ2v) is 8.77. The van der Waals surface area contributed by atoms with Gasteiger partial charge in [0.25, 0.3) is 10.2 Å². The Morgan fingerprint density at radius 2 is 1.92 bits per heavy atom. The van der Waals surface area contributed by atoms with E-state index < -0.39 is 10.2 Å². The summed E-state index contributed by atoms with van der Waals surface area (Å²) in [6, 6.07) is 5.43. The highest BCUT2D eigenvalue weighted by Crippen LogP contribution is 2.50. The van der Waals surface area contributed by atoms with Crippen LogP contribution in [0.1, 0.15) is 37.7 Å². The molecule has 1 amide bonds. The molecule has 1 heterocycles. The normalized spacial score (nSPS) is 20.3. The van der Waals surface area contributed by atoms with Crippen molar-refractivity contribution < 1.29 is 13.2 Å². The number of hydrogen-bond acceptors (Lipinski definition) is 3. The maximum absolute atomic E-state index is 12.4. The SMILES string of the molecule is NS(=O)(=O)N1CCc2ccc(NC(=O)CC(C3CC3)C3CC3)cc21. The molecule has 3 N–H and O–H groups in total. The number of fused-ring (bicyclic) bond motifs is 1. The number of nitrogens with zero attached hydrogens (tertiary/aromatic N) is 1. The van der Waals surface area contributed by atoms with Crippen LogP contribution in [-0.4, -0.2) is 20.9 Å². The Kier molecular flexibility index (Phi) is 3.80. The summed E-state index contributed by atoms with van der Waals surface area (Å²) in [5.41, 5.74) is 2.16. The quantitative estimate of drug-likeness (QED) is 0.823. The molecule has 3 aliphatic rings. The lowest BCUT2D eigenvalue weighted by atomic mass is 9.94. The molecule has 7 heteroatoms. The highest BCUT2D eigenvalue weighted by Gasteiger charge is 2.42. The topological polar surface area (TPSA) is 92.5 Å². The minimum Gasteiger partial charge on any atom is -0.326 e. The first-order chi connectivity index (χ1) is 11.4. The Morgan fingerprint density at radius 1 is 1.25 bits per heavy atom. The first-order valence-corrected chi connectivity index (χ1v) is 10.2. The monoisotopic (exact) mass is 349 g/mol. The summed E-state index contributed by atoms with van der Waals surface area (Å²) in [5, 5.41) is 8.20. The van der Waals surface area contributed by atoms with Crippen LogP contribution in [0.2, 0.25) is 0 Å². The molecule has 1 aliphatic heterocycles. The summed E-state index contributed by atoms with van der Waals surface area (Å²) in [6.07, 6.45) is 6.26. The molecule has 24 heavy (non-hydrogen) atoms. The zero-order chi connectivity index (χ0) is 16.9.